The van der Waals surface area contributed by atoms with Gasteiger partial charge in [0.1, 0.15) is 22.3 Å². The summed E-state index contributed by atoms with van der Waals surface area (Å²) < 4.78 is 64.7. The number of unbranched alkanes of at least 4 members (excludes halogenated alkanes) is 1. The van der Waals surface area contributed by atoms with Gasteiger partial charge in [0.2, 0.25) is 0 Å². The van der Waals surface area contributed by atoms with Crippen LogP contribution in [-0.2, 0) is 11.7 Å². The average Bonchev–Trinajstić information content (AvgIpc) is 3.28. The zero-order chi connectivity index (χ0) is 24.1. The second-order valence-corrected chi connectivity index (χ2v) is 8.70. The Morgan fingerprint density at radius 1 is 1.03 bits per heavy atom. The van der Waals surface area contributed by atoms with Crippen molar-refractivity contribution < 1.29 is 32.1 Å². The summed E-state index contributed by atoms with van der Waals surface area (Å²) in [6.45, 7) is 1.68. The summed E-state index contributed by atoms with van der Waals surface area (Å²) in [5, 5.41) is 9.80. The molecule has 2 aromatic carbocycles. The van der Waals surface area contributed by atoms with Crippen molar-refractivity contribution in [2.75, 3.05) is 19.8 Å². The third kappa shape index (κ3) is 6.66. The van der Waals surface area contributed by atoms with Gasteiger partial charge in [0.25, 0.3) is 0 Å². The number of hydrogen-bond acceptors (Lipinski definition) is 6. The molecular formula is C23H24F4N2O3S. The quantitative estimate of drug-likeness (QED) is 0.299. The van der Waals surface area contributed by atoms with E-state index in [9.17, 15) is 22.7 Å². The predicted octanol–water partition coefficient (Wildman–Crippen LogP) is 5.37. The van der Waals surface area contributed by atoms with Crippen LogP contribution in [-0.4, -0.2) is 29.9 Å². The van der Waals surface area contributed by atoms with Crippen LogP contribution in [0.4, 0.5) is 17.6 Å². The second kappa shape index (κ2) is 10.5. The molecule has 0 spiro atoms. The van der Waals surface area contributed by atoms with Crippen molar-refractivity contribution >= 4 is 11.3 Å². The zero-order valence-electron chi connectivity index (χ0n) is 17.9. The van der Waals surface area contributed by atoms with Crippen LogP contribution in [0, 0.1) is 5.82 Å². The molecule has 0 saturated heterocycles. The number of aliphatic hydroxyl groups excluding tert-OH is 1. The van der Waals surface area contributed by atoms with Crippen molar-refractivity contribution in [2.24, 2.45) is 5.73 Å². The average molecular weight is 485 g/mol. The fraction of sp³-hybridized carbons (Fsp3) is 0.348. The molecule has 0 aliphatic rings. The maximum atomic E-state index is 13.6. The Hall–Kier alpha value is -2.69. The fourth-order valence-corrected chi connectivity index (χ4v) is 3.84. The molecular weight excluding hydrogens is 460 g/mol. The van der Waals surface area contributed by atoms with E-state index in [2.05, 4.69) is 4.98 Å². The summed E-state index contributed by atoms with van der Waals surface area (Å²) >= 11 is 1.13. The van der Waals surface area contributed by atoms with E-state index in [0.717, 1.165) is 17.4 Å². The molecule has 10 heteroatoms. The van der Waals surface area contributed by atoms with Crippen molar-refractivity contribution in [1.29, 1.82) is 0 Å². The highest BCUT2D eigenvalue weighted by Gasteiger charge is 2.35. The highest BCUT2D eigenvalue weighted by atomic mass is 32.1. The molecule has 5 nitrogen and oxygen atoms in total. The van der Waals surface area contributed by atoms with Gasteiger partial charge < -0.3 is 20.3 Å². The van der Waals surface area contributed by atoms with Crippen LogP contribution < -0.4 is 15.2 Å². The molecule has 3 rings (SSSR count). The van der Waals surface area contributed by atoms with Crippen molar-refractivity contribution in [2.45, 2.75) is 31.5 Å². The summed E-state index contributed by atoms with van der Waals surface area (Å²) in [7, 11) is 0. The third-order valence-corrected chi connectivity index (χ3v) is 6.10. The number of ether oxygens (including phenoxy) is 2. The first kappa shape index (κ1) is 24.9. The molecule has 0 unspecified atom stereocenters. The highest BCUT2D eigenvalue weighted by molar-refractivity contribution is 7.15. The van der Waals surface area contributed by atoms with Gasteiger partial charge in [0.15, 0.2) is 0 Å². The van der Waals surface area contributed by atoms with Gasteiger partial charge >= 0.3 is 6.18 Å². The SMILES string of the molecule is C[C@](N)(CO)c1ncc(-c2ccc(OCCCCOc3ccc(F)cc3)c(C(F)(F)F)c2)s1. The summed E-state index contributed by atoms with van der Waals surface area (Å²) in [5.41, 5.74) is 4.34. The van der Waals surface area contributed by atoms with Crippen molar-refractivity contribution in [1.82, 2.24) is 4.98 Å². The predicted molar refractivity (Wildman–Crippen MR) is 118 cm³/mol. The van der Waals surface area contributed by atoms with Crippen LogP contribution in [0.1, 0.15) is 30.3 Å². The standard InChI is InChI=1S/C23H24F4N2O3S/c1-22(28,14-30)21-29-13-20(33-21)15-4-9-19(18(12-15)23(25,26)27)32-11-3-2-10-31-17-7-5-16(24)6-8-17/h4-9,12-13,30H,2-3,10-11,14,28H2,1H3/t22-/m0/s1. The third-order valence-electron chi connectivity index (χ3n) is 4.77. The minimum atomic E-state index is -4.60. The van der Waals surface area contributed by atoms with Crippen molar-refractivity contribution in [3.05, 3.63) is 65.0 Å². The summed E-state index contributed by atoms with van der Waals surface area (Å²) in [5.74, 6) is -0.0945. The monoisotopic (exact) mass is 484 g/mol. The van der Waals surface area contributed by atoms with Crippen molar-refractivity contribution in [3.8, 4) is 21.9 Å². The first-order valence-electron chi connectivity index (χ1n) is 10.2. The Balaban J connectivity index is 1.61. The zero-order valence-corrected chi connectivity index (χ0v) is 18.7. The van der Waals surface area contributed by atoms with Crippen LogP contribution in [0.25, 0.3) is 10.4 Å². The molecule has 0 aliphatic heterocycles. The van der Waals surface area contributed by atoms with Gasteiger partial charge in [-0.2, -0.15) is 13.2 Å². The molecule has 1 heterocycles. The molecule has 1 aromatic heterocycles. The molecule has 0 radical (unpaired) electrons. The van der Waals surface area contributed by atoms with E-state index in [1.165, 1.54) is 42.6 Å². The number of hydrogen-bond donors (Lipinski definition) is 2. The molecule has 3 aromatic rings. The number of alkyl halides is 3. The first-order chi connectivity index (χ1) is 15.6. The highest BCUT2D eigenvalue weighted by Crippen LogP contribution is 2.40. The molecule has 0 bridgehead atoms. The largest absolute Gasteiger partial charge is 0.494 e. The Kier molecular flexibility index (Phi) is 7.93. The van der Waals surface area contributed by atoms with E-state index in [0.29, 0.717) is 40.6 Å². The minimum Gasteiger partial charge on any atom is -0.494 e. The molecule has 0 aliphatic carbocycles. The smallest absolute Gasteiger partial charge is 0.419 e. The number of thiazole rings is 1. The van der Waals surface area contributed by atoms with Gasteiger partial charge in [-0.1, -0.05) is 0 Å². The van der Waals surface area contributed by atoms with E-state index >= 15 is 0 Å². The summed E-state index contributed by atoms with van der Waals surface area (Å²) in [6, 6.07) is 9.44. The lowest BCUT2D eigenvalue weighted by atomic mass is 10.1. The van der Waals surface area contributed by atoms with Gasteiger partial charge in [0.05, 0.1) is 35.8 Å². The number of aromatic nitrogens is 1. The normalized spacial score (nSPS) is 13.5. The lowest BCUT2D eigenvalue weighted by Gasteiger charge is -2.18. The fourth-order valence-electron chi connectivity index (χ4n) is 2.88. The van der Waals surface area contributed by atoms with Crippen molar-refractivity contribution in [3.63, 3.8) is 0 Å². The van der Waals surface area contributed by atoms with Crippen LogP contribution >= 0.6 is 11.3 Å². The number of nitrogens with two attached hydrogens (primary N) is 1. The van der Waals surface area contributed by atoms with E-state index in [-0.39, 0.29) is 24.8 Å². The van der Waals surface area contributed by atoms with Crippen LogP contribution in [0.15, 0.2) is 48.7 Å². The van der Waals surface area contributed by atoms with Gasteiger partial charge in [-0.25, -0.2) is 9.37 Å². The van der Waals surface area contributed by atoms with E-state index in [4.69, 9.17) is 15.2 Å². The number of benzene rings is 2. The molecule has 3 N–H and O–H groups in total. The van der Waals surface area contributed by atoms with E-state index < -0.39 is 17.3 Å². The lowest BCUT2D eigenvalue weighted by Crippen LogP contribution is -2.36. The summed E-state index contributed by atoms with van der Waals surface area (Å²) in [6.07, 6.45) is -2.12. The number of aliphatic hydroxyl groups is 1. The van der Waals surface area contributed by atoms with Crippen LogP contribution in [0.2, 0.25) is 0 Å². The molecule has 0 fully saturated rings. The number of rotatable bonds is 10. The maximum Gasteiger partial charge on any atom is 0.419 e. The van der Waals surface area contributed by atoms with E-state index in [1.807, 2.05) is 0 Å². The molecule has 33 heavy (non-hydrogen) atoms. The van der Waals surface area contributed by atoms with Gasteiger partial charge in [-0.05, 0) is 67.8 Å². The van der Waals surface area contributed by atoms with E-state index in [1.54, 1.807) is 6.92 Å². The van der Waals surface area contributed by atoms with Crippen LogP contribution in [0.3, 0.4) is 0 Å². The number of nitrogens with zero attached hydrogens (tertiary/aromatic N) is 1. The summed E-state index contributed by atoms with van der Waals surface area (Å²) in [4.78, 5) is 4.65. The Bertz CT molecular complexity index is 1050. The molecule has 0 saturated carbocycles. The Morgan fingerprint density at radius 2 is 1.70 bits per heavy atom. The van der Waals surface area contributed by atoms with Crippen LogP contribution in [0.5, 0.6) is 11.5 Å². The molecule has 1 atom stereocenters. The Morgan fingerprint density at radius 3 is 2.33 bits per heavy atom. The van der Waals surface area contributed by atoms with Gasteiger partial charge in [-0.15, -0.1) is 11.3 Å². The first-order valence-corrected chi connectivity index (χ1v) is 11.0. The Labute approximate surface area is 192 Å². The topological polar surface area (TPSA) is 77.6 Å². The second-order valence-electron chi connectivity index (χ2n) is 7.67. The van der Waals surface area contributed by atoms with Gasteiger partial charge in [-0.3, -0.25) is 0 Å². The molecule has 0 amide bonds. The minimum absolute atomic E-state index is 0.0853. The molecule has 178 valence electrons. The lowest BCUT2D eigenvalue weighted by molar-refractivity contribution is -0.138. The number of halogens is 4. The maximum absolute atomic E-state index is 13.6. The van der Waals surface area contributed by atoms with Gasteiger partial charge in [0, 0.05) is 6.20 Å².